The number of rotatable bonds is 5. The lowest BCUT2D eigenvalue weighted by Crippen LogP contribution is -2.60. The van der Waals surface area contributed by atoms with Gasteiger partial charge in [-0.15, -0.1) is 0 Å². The van der Waals surface area contributed by atoms with Crippen molar-refractivity contribution >= 4 is 18.4 Å². The van der Waals surface area contributed by atoms with Crippen molar-refractivity contribution in [2.24, 2.45) is 0 Å². The molecule has 0 bridgehead atoms. The van der Waals surface area contributed by atoms with Crippen LogP contribution >= 0.6 is 0 Å². The lowest BCUT2D eigenvalue weighted by molar-refractivity contribution is -0.866. The SMILES string of the molecule is Cc1cc(CCCCN(C)C(N(C)C)=[N+](C)C)cc2c1OC13Oc4c(cc(C(C)(C)C)cc4C(C)(C)C)C=[N+]1C1CCCCC1[N+]3=C2. The molecule has 1 spiro atoms. The van der Waals surface area contributed by atoms with E-state index in [9.17, 15) is 0 Å². The topological polar surface area (TPSA) is 34.0 Å². The highest BCUT2D eigenvalue weighted by molar-refractivity contribution is 5.85. The number of guanidine groups is 1. The number of hydrogen-bond donors (Lipinski definition) is 0. The summed E-state index contributed by atoms with van der Waals surface area (Å²) in [4.78, 5) is 4.54. The second-order valence-corrected chi connectivity index (χ2v) is 17.0. The van der Waals surface area contributed by atoms with E-state index >= 15 is 0 Å². The van der Waals surface area contributed by atoms with Gasteiger partial charge in [0.1, 0.15) is 0 Å². The van der Waals surface area contributed by atoms with Gasteiger partial charge in [0.25, 0.3) is 0 Å². The van der Waals surface area contributed by atoms with E-state index in [0.717, 1.165) is 50.1 Å². The third-order valence-corrected chi connectivity index (χ3v) is 10.6. The summed E-state index contributed by atoms with van der Waals surface area (Å²) in [5, 5.41) is 0. The molecule has 3 aliphatic heterocycles. The lowest BCUT2D eigenvalue weighted by Gasteiger charge is -2.33. The maximum atomic E-state index is 7.32. The minimum Gasteiger partial charge on any atom is -0.340 e. The highest BCUT2D eigenvalue weighted by atomic mass is 16.7. The van der Waals surface area contributed by atoms with Gasteiger partial charge in [0, 0.05) is 18.4 Å². The number of fused-ring (bicyclic) bond motifs is 5. The Morgan fingerprint density at radius 1 is 0.830 bits per heavy atom. The first kappa shape index (κ1) is 33.5. The Kier molecular flexibility index (Phi) is 8.54. The highest BCUT2D eigenvalue weighted by Crippen LogP contribution is 2.48. The molecule has 0 N–H and O–H groups in total. The second-order valence-electron chi connectivity index (χ2n) is 17.0. The summed E-state index contributed by atoms with van der Waals surface area (Å²) in [7, 11) is 10.6. The minimum atomic E-state index is -1.01. The van der Waals surface area contributed by atoms with Crippen LogP contribution in [0.4, 0.5) is 0 Å². The van der Waals surface area contributed by atoms with E-state index in [1.165, 1.54) is 52.2 Å². The predicted molar refractivity (Wildman–Crippen MR) is 192 cm³/mol. The van der Waals surface area contributed by atoms with E-state index in [4.69, 9.17) is 9.47 Å². The van der Waals surface area contributed by atoms with Crippen LogP contribution in [0.15, 0.2) is 24.3 Å². The fourth-order valence-electron chi connectivity index (χ4n) is 8.42. The molecule has 0 amide bonds. The molecule has 254 valence electrons. The van der Waals surface area contributed by atoms with E-state index in [1.54, 1.807) is 0 Å². The van der Waals surface area contributed by atoms with Gasteiger partial charge in [-0.2, -0.15) is 0 Å². The Morgan fingerprint density at radius 3 is 1.98 bits per heavy atom. The Morgan fingerprint density at radius 2 is 1.43 bits per heavy atom. The van der Waals surface area contributed by atoms with Crippen molar-refractivity contribution in [3.8, 4) is 11.5 Å². The fraction of sp³-hybridized carbons (Fsp3) is 0.625. The average molecular weight is 643 g/mol. The largest absolute Gasteiger partial charge is 0.704 e. The van der Waals surface area contributed by atoms with Crippen molar-refractivity contribution in [3.05, 3.63) is 57.6 Å². The van der Waals surface area contributed by atoms with Gasteiger partial charge >= 0.3 is 12.0 Å². The molecule has 47 heavy (non-hydrogen) atoms. The van der Waals surface area contributed by atoms with E-state index in [0.29, 0.717) is 12.1 Å². The number of ether oxygens (including phenoxy) is 2. The van der Waals surface area contributed by atoms with Crippen molar-refractivity contribution in [2.75, 3.05) is 41.8 Å². The molecule has 7 heteroatoms. The number of aryl methyl sites for hydroxylation is 2. The first-order valence-electron chi connectivity index (χ1n) is 17.9. The number of hydrogen-bond acceptors (Lipinski definition) is 2. The molecular weight excluding hydrogens is 582 g/mol. The van der Waals surface area contributed by atoms with Crippen molar-refractivity contribution in [1.82, 2.24) is 9.80 Å². The van der Waals surface area contributed by atoms with E-state index in [1.807, 2.05) is 0 Å². The normalized spacial score (nSPS) is 22.7. The van der Waals surface area contributed by atoms with Crippen LogP contribution in [-0.2, 0) is 17.3 Å². The Hall–Kier alpha value is -3.35. The van der Waals surface area contributed by atoms with Gasteiger partial charge in [-0.05, 0) is 78.7 Å². The summed E-state index contributed by atoms with van der Waals surface area (Å²) in [5.41, 5.74) is 7.46. The fourth-order valence-corrected chi connectivity index (χ4v) is 8.42. The van der Waals surface area contributed by atoms with Crippen LogP contribution in [0.5, 0.6) is 11.5 Å². The van der Waals surface area contributed by atoms with Crippen LogP contribution in [-0.4, -0.2) is 102 Å². The monoisotopic (exact) mass is 642 g/mol. The van der Waals surface area contributed by atoms with Crippen molar-refractivity contribution in [2.45, 2.75) is 122 Å². The van der Waals surface area contributed by atoms with Crippen molar-refractivity contribution < 1.29 is 23.2 Å². The summed E-state index contributed by atoms with van der Waals surface area (Å²) in [6.07, 6.45) is 12.9. The zero-order chi connectivity index (χ0) is 34.1. The molecule has 2 fully saturated rings. The Labute approximate surface area is 284 Å². The minimum absolute atomic E-state index is 0.0427. The zero-order valence-electron chi connectivity index (χ0n) is 31.3. The first-order valence-corrected chi connectivity index (χ1v) is 17.9. The molecule has 1 aliphatic carbocycles. The third-order valence-electron chi connectivity index (χ3n) is 10.6. The number of benzene rings is 2. The summed E-state index contributed by atoms with van der Waals surface area (Å²) in [6.45, 7) is 17.0. The van der Waals surface area contributed by atoms with Crippen LogP contribution < -0.4 is 9.47 Å². The van der Waals surface area contributed by atoms with E-state index in [-0.39, 0.29) is 10.8 Å². The van der Waals surface area contributed by atoms with Gasteiger partial charge in [0.2, 0.25) is 12.1 Å². The molecule has 3 heterocycles. The van der Waals surface area contributed by atoms with Crippen LogP contribution in [0.25, 0.3) is 0 Å². The highest BCUT2D eigenvalue weighted by Gasteiger charge is 2.76. The molecule has 1 saturated heterocycles. The van der Waals surface area contributed by atoms with Crippen LogP contribution in [0.3, 0.4) is 0 Å². The van der Waals surface area contributed by atoms with Gasteiger partial charge < -0.3 is 9.47 Å². The Bertz CT molecular complexity index is 1650. The molecule has 6 rings (SSSR count). The summed E-state index contributed by atoms with van der Waals surface area (Å²) >= 11 is 0. The number of unbranched alkanes of at least 4 members (excludes halogenated alkanes) is 1. The van der Waals surface area contributed by atoms with Gasteiger partial charge in [-0.3, -0.25) is 14.4 Å². The van der Waals surface area contributed by atoms with Crippen molar-refractivity contribution in [3.63, 3.8) is 0 Å². The van der Waals surface area contributed by atoms with Crippen molar-refractivity contribution in [1.29, 1.82) is 0 Å². The van der Waals surface area contributed by atoms with E-state index < -0.39 is 6.03 Å². The smallest absolute Gasteiger partial charge is 0.340 e. The quantitative estimate of drug-likeness (QED) is 0.166. The van der Waals surface area contributed by atoms with Gasteiger partial charge in [-0.1, -0.05) is 62.8 Å². The maximum absolute atomic E-state index is 7.32. The van der Waals surface area contributed by atoms with Crippen LogP contribution in [0.1, 0.15) is 113 Å². The summed E-state index contributed by atoms with van der Waals surface area (Å²) < 4.78 is 21.6. The van der Waals surface area contributed by atoms with Gasteiger partial charge in [0.15, 0.2) is 23.9 Å². The predicted octanol–water partition coefficient (Wildman–Crippen LogP) is 6.32. The molecular formula is C40H60N5O2+3. The first-order chi connectivity index (χ1) is 22.0. The molecule has 2 aromatic carbocycles. The molecule has 3 unspecified atom stereocenters. The van der Waals surface area contributed by atoms with Crippen LogP contribution in [0.2, 0.25) is 0 Å². The summed E-state index contributed by atoms with van der Waals surface area (Å²) in [6, 6.07) is 9.12. The van der Waals surface area contributed by atoms with Gasteiger partial charge in [-0.25, -0.2) is 0 Å². The van der Waals surface area contributed by atoms with Gasteiger partial charge in [0.05, 0.1) is 52.9 Å². The second kappa shape index (κ2) is 12.0. The molecule has 2 aromatic rings. The average Bonchev–Trinajstić information content (AvgIpc) is 3.24. The molecule has 4 aliphatic rings. The molecule has 1 saturated carbocycles. The van der Waals surface area contributed by atoms with Crippen LogP contribution in [0, 0.1) is 6.92 Å². The summed E-state index contributed by atoms with van der Waals surface area (Å²) in [5.74, 6) is 3.14. The Balaban J connectivity index is 1.34. The standard InChI is InChI=1S/C40H60N5O2/c1-27-21-28(17-15-16-20-43(12)37(41(8)9)42(10)11)22-29-25-44-33-18-13-14-19-34(33)45-26-30-23-31(38(2,3)4)24-32(39(5,6)7)36(30)47-40(44,45)46-35(27)29/h21-26,33-34H,13-20H2,1-12H3/q+3. The zero-order valence-corrected chi connectivity index (χ0v) is 31.3. The molecule has 0 aromatic heterocycles. The third kappa shape index (κ3) is 5.97. The lowest BCUT2D eigenvalue weighted by atomic mass is 9.79. The maximum Gasteiger partial charge on any atom is 0.704 e. The van der Waals surface area contributed by atoms with E-state index in [2.05, 4.69) is 144 Å². The number of nitrogens with zero attached hydrogens (tertiary/aromatic N) is 5. The molecule has 3 atom stereocenters. The molecule has 0 radical (unpaired) electrons. The molecule has 7 nitrogen and oxygen atoms in total.